The maximum Gasteiger partial charge on any atom is 0.0444 e. The molecule has 2 aromatic rings. The fourth-order valence-corrected chi connectivity index (χ4v) is 3.20. The van der Waals surface area contributed by atoms with Gasteiger partial charge in [-0.3, -0.25) is 0 Å². The van der Waals surface area contributed by atoms with E-state index in [2.05, 4.69) is 54.7 Å². The highest BCUT2D eigenvalue weighted by atomic mass is 35.5. The number of benzene rings is 2. The van der Waals surface area contributed by atoms with Crippen molar-refractivity contribution in [2.24, 2.45) is 0 Å². The highest BCUT2D eigenvalue weighted by Crippen LogP contribution is 2.30. The van der Waals surface area contributed by atoms with Crippen LogP contribution in [0.3, 0.4) is 0 Å². The third-order valence-electron chi connectivity index (χ3n) is 4.10. The van der Waals surface area contributed by atoms with Crippen LogP contribution in [0.2, 0.25) is 5.02 Å². The molecule has 1 heterocycles. The molecule has 1 aliphatic heterocycles. The van der Waals surface area contributed by atoms with E-state index < -0.39 is 0 Å². The Morgan fingerprint density at radius 3 is 2.80 bits per heavy atom. The average molecular weight is 286 g/mol. The summed E-state index contributed by atoms with van der Waals surface area (Å²) in [5, 5.41) is 4.39. The molecule has 0 saturated carbocycles. The Bertz CT molecular complexity index is 592. The van der Waals surface area contributed by atoms with Crippen molar-refractivity contribution in [1.82, 2.24) is 5.32 Å². The second-order valence-electron chi connectivity index (χ2n) is 5.66. The van der Waals surface area contributed by atoms with E-state index in [1.54, 1.807) is 0 Å². The van der Waals surface area contributed by atoms with Crippen LogP contribution >= 0.6 is 11.6 Å². The van der Waals surface area contributed by atoms with Gasteiger partial charge in [0.2, 0.25) is 0 Å². The zero-order valence-corrected chi connectivity index (χ0v) is 12.6. The Kier molecular flexibility index (Phi) is 4.09. The minimum atomic E-state index is 0.538. The van der Waals surface area contributed by atoms with Gasteiger partial charge in [-0.1, -0.05) is 54.9 Å². The zero-order chi connectivity index (χ0) is 13.9. The second kappa shape index (κ2) is 5.99. The summed E-state index contributed by atoms with van der Waals surface area (Å²) < 4.78 is 0. The lowest BCUT2D eigenvalue weighted by atomic mass is 9.92. The molecular formula is C18H20ClN. The normalized spacial score (nSPS) is 18.4. The molecule has 1 N–H and O–H groups in total. The predicted molar refractivity (Wildman–Crippen MR) is 85.7 cm³/mol. The van der Waals surface area contributed by atoms with Gasteiger partial charge in [0.1, 0.15) is 0 Å². The lowest BCUT2D eigenvalue weighted by molar-refractivity contribution is 0.644. The van der Waals surface area contributed by atoms with Gasteiger partial charge in [-0.2, -0.15) is 0 Å². The van der Waals surface area contributed by atoms with Gasteiger partial charge in [-0.05, 0) is 53.6 Å². The Balaban J connectivity index is 1.95. The van der Waals surface area contributed by atoms with Crippen molar-refractivity contribution in [3.63, 3.8) is 0 Å². The molecule has 0 aliphatic carbocycles. The molecule has 20 heavy (non-hydrogen) atoms. The minimum absolute atomic E-state index is 0.538. The van der Waals surface area contributed by atoms with Crippen LogP contribution in [-0.2, 0) is 12.8 Å². The van der Waals surface area contributed by atoms with Crippen LogP contribution in [0.5, 0.6) is 0 Å². The van der Waals surface area contributed by atoms with Crippen LogP contribution < -0.4 is 5.32 Å². The molecule has 3 rings (SSSR count). The predicted octanol–water partition coefficient (Wildman–Crippen LogP) is 4.18. The van der Waals surface area contributed by atoms with Crippen molar-refractivity contribution in [2.45, 2.75) is 25.7 Å². The molecule has 0 spiro atoms. The fraction of sp³-hybridized carbons (Fsp3) is 0.333. The summed E-state index contributed by atoms with van der Waals surface area (Å²) >= 11 is 6.51. The first-order chi connectivity index (χ1) is 9.74. The van der Waals surface area contributed by atoms with Gasteiger partial charge in [0.15, 0.2) is 0 Å². The van der Waals surface area contributed by atoms with E-state index in [0.717, 1.165) is 31.0 Å². The summed E-state index contributed by atoms with van der Waals surface area (Å²) in [6, 6.07) is 15.0. The Morgan fingerprint density at radius 2 is 2.00 bits per heavy atom. The second-order valence-corrected chi connectivity index (χ2v) is 6.07. The smallest absolute Gasteiger partial charge is 0.0444 e. The van der Waals surface area contributed by atoms with Crippen molar-refractivity contribution >= 4 is 11.6 Å². The van der Waals surface area contributed by atoms with E-state index in [1.807, 2.05) is 0 Å². The molecule has 1 atom stereocenters. The van der Waals surface area contributed by atoms with E-state index in [0.29, 0.717) is 5.92 Å². The molecular weight excluding hydrogens is 266 g/mol. The molecule has 2 aromatic carbocycles. The lowest BCUT2D eigenvalue weighted by Crippen LogP contribution is -2.18. The van der Waals surface area contributed by atoms with Crippen molar-refractivity contribution in [3.05, 3.63) is 69.7 Å². The summed E-state index contributed by atoms with van der Waals surface area (Å²) in [6.45, 7) is 4.37. The van der Waals surface area contributed by atoms with Crippen molar-refractivity contribution in [1.29, 1.82) is 0 Å². The van der Waals surface area contributed by atoms with E-state index in [9.17, 15) is 0 Å². The standard InChI is InChI=1S/C18H20ClN/c1-13-12-20-8-7-15-10-16(18(19)11-17(13)15)9-14-5-3-2-4-6-14/h2-6,10-11,13,20H,7-9,12H2,1H3/t13-/m1/s1. The van der Waals surface area contributed by atoms with E-state index in [4.69, 9.17) is 11.6 Å². The van der Waals surface area contributed by atoms with Gasteiger partial charge in [0, 0.05) is 11.6 Å². The molecule has 0 unspecified atom stereocenters. The Labute approximate surface area is 126 Å². The van der Waals surface area contributed by atoms with Crippen LogP contribution in [0.1, 0.15) is 35.1 Å². The highest BCUT2D eigenvalue weighted by molar-refractivity contribution is 6.31. The average Bonchev–Trinajstić information content (AvgIpc) is 2.63. The molecule has 0 fully saturated rings. The minimum Gasteiger partial charge on any atom is -0.316 e. The van der Waals surface area contributed by atoms with Gasteiger partial charge in [0.05, 0.1) is 0 Å². The summed E-state index contributed by atoms with van der Waals surface area (Å²) in [6.07, 6.45) is 2.01. The van der Waals surface area contributed by atoms with Gasteiger partial charge in [-0.15, -0.1) is 0 Å². The molecule has 0 amide bonds. The lowest BCUT2D eigenvalue weighted by Gasteiger charge is -2.15. The van der Waals surface area contributed by atoms with Gasteiger partial charge in [-0.25, -0.2) is 0 Å². The van der Waals surface area contributed by atoms with E-state index >= 15 is 0 Å². The van der Waals surface area contributed by atoms with Crippen molar-refractivity contribution < 1.29 is 0 Å². The first kappa shape index (κ1) is 13.7. The third-order valence-corrected chi connectivity index (χ3v) is 4.45. The Morgan fingerprint density at radius 1 is 1.20 bits per heavy atom. The van der Waals surface area contributed by atoms with Crippen LogP contribution in [-0.4, -0.2) is 13.1 Å². The number of fused-ring (bicyclic) bond motifs is 1. The zero-order valence-electron chi connectivity index (χ0n) is 11.8. The van der Waals surface area contributed by atoms with Crippen LogP contribution in [0.15, 0.2) is 42.5 Å². The maximum atomic E-state index is 6.51. The number of rotatable bonds is 2. The number of nitrogens with one attached hydrogen (secondary N) is 1. The first-order valence-corrected chi connectivity index (χ1v) is 7.67. The monoisotopic (exact) mass is 285 g/mol. The maximum absolute atomic E-state index is 6.51. The quantitative estimate of drug-likeness (QED) is 0.873. The highest BCUT2D eigenvalue weighted by Gasteiger charge is 2.16. The summed E-state index contributed by atoms with van der Waals surface area (Å²) in [5.41, 5.74) is 5.43. The number of halogens is 1. The van der Waals surface area contributed by atoms with Gasteiger partial charge >= 0.3 is 0 Å². The van der Waals surface area contributed by atoms with Crippen molar-refractivity contribution in [3.8, 4) is 0 Å². The van der Waals surface area contributed by atoms with E-state index in [1.165, 1.54) is 22.3 Å². The number of hydrogen-bond acceptors (Lipinski definition) is 1. The molecule has 0 saturated heterocycles. The third kappa shape index (κ3) is 2.89. The summed E-state index contributed by atoms with van der Waals surface area (Å²) in [4.78, 5) is 0. The molecule has 0 bridgehead atoms. The molecule has 1 nitrogen and oxygen atoms in total. The van der Waals surface area contributed by atoms with Crippen LogP contribution in [0, 0.1) is 0 Å². The summed E-state index contributed by atoms with van der Waals surface area (Å²) in [5.74, 6) is 0.538. The van der Waals surface area contributed by atoms with Crippen LogP contribution in [0.4, 0.5) is 0 Å². The fourth-order valence-electron chi connectivity index (χ4n) is 2.96. The molecule has 0 aromatic heterocycles. The SMILES string of the molecule is C[C@@H]1CNCCc2cc(Cc3ccccc3)c(Cl)cc21. The van der Waals surface area contributed by atoms with E-state index in [-0.39, 0.29) is 0 Å². The molecule has 2 heteroatoms. The number of hydrogen-bond donors (Lipinski definition) is 1. The topological polar surface area (TPSA) is 12.0 Å². The van der Waals surface area contributed by atoms with Gasteiger partial charge in [0.25, 0.3) is 0 Å². The van der Waals surface area contributed by atoms with Gasteiger partial charge < -0.3 is 5.32 Å². The summed E-state index contributed by atoms with van der Waals surface area (Å²) in [7, 11) is 0. The van der Waals surface area contributed by atoms with Crippen molar-refractivity contribution in [2.75, 3.05) is 13.1 Å². The van der Waals surface area contributed by atoms with Crippen LogP contribution in [0.25, 0.3) is 0 Å². The largest absolute Gasteiger partial charge is 0.316 e. The molecule has 0 radical (unpaired) electrons. The first-order valence-electron chi connectivity index (χ1n) is 7.30. The molecule has 104 valence electrons. The molecule has 1 aliphatic rings. The Hall–Kier alpha value is -1.31.